The Morgan fingerprint density at radius 3 is 2.44 bits per heavy atom. The van der Waals surface area contributed by atoms with Crippen molar-refractivity contribution >= 4 is 5.91 Å². The minimum Gasteiger partial charge on any atom is -0.508 e. The molecule has 4 rings (SSSR count). The lowest BCUT2D eigenvalue weighted by Gasteiger charge is -2.28. The number of methoxy groups -OCH3 is 1. The van der Waals surface area contributed by atoms with Crippen LogP contribution in [0.15, 0.2) is 48.5 Å². The Balaban J connectivity index is 1.72. The molecule has 6 nitrogen and oxygen atoms in total. The van der Waals surface area contributed by atoms with Gasteiger partial charge < -0.3 is 14.7 Å². The second kappa shape index (κ2) is 6.06. The van der Waals surface area contributed by atoms with E-state index in [2.05, 4.69) is 10.9 Å². The third-order valence-electron chi connectivity index (χ3n) is 5.25. The Hall–Kier alpha value is -2.57. The number of amides is 1. The van der Waals surface area contributed by atoms with Crippen molar-refractivity contribution in [3.05, 3.63) is 59.7 Å². The van der Waals surface area contributed by atoms with E-state index in [1.165, 1.54) is 0 Å². The van der Waals surface area contributed by atoms with Gasteiger partial charge in [0.05, 0.1) is 19.2 Å². The molecule has 1 amide bonds. The number of aromatic hydroxyl groups is 1. The molecular weight excluding hydrogens is 318 g/mol. The highest BCUT2D eigenvalue weighted by Crippen LogP contribution is 2.46. The van der Waals surface area contributed by atoms with Crippen LogP contribution in [-0.2, 0) is 4.79 Å². The van der Waals surface area contributed by atoms with Crippen LogP contribution in [-0.4, -0.2) is 36.1 Å². The molecule has 4 unspecified atom stereocenters. The highest BCUT2D eigenvalue weighted by Gasteiger charge is 2.54. The van der Waals surface area contributed by atoms with E-state index in [4.69, 9.17) is 4.74 Å². The van der Waals surface area contributed by atoms with Crippen LogP contribution >= 0.6 is 0 Å². The predicted octanol–water partition coefficient (Wildman–Crippen LogP) is 1.75. The summed E-state index contributed by atoms with van der Waals surface area (Å²) in [4.78, 5) is 14.4. The molecule has 2 aliphatic rings. The number of ether oxygens (including phenoxy) is 1. The van der Waals surface area contributed by atoms with Crippen molar-refractivity contribution in [1.29, 1.82) is 0 Å². The lowest BCUT2D eigenvalue weighted by molar-refractivity contribution is -0.129. The summed E-state index contributed by atoms with van der Waals surface area (Å²) in [6, 6.07) is 14.6. The first-order chi connectivity index (χ1) is 12.1. The number of nitrogens with one attached hydrogen (secondary N) is 2. The highest BCUT2D eigenvalue weighted by atomic mass is 16.5. The van der Waals surface area contributed by atoms with Crippen LogP contribution in [0, 0.1) is 5.92 Å². The van der Waals surface area contributed by atoms with Gasteiger partial charge in [0.25, 0.3) is 0 Å². The first-order valence-corrected chi connectivity index (χ1v) is 8.31. The number of carbonyl (C=O) groups excluding carboxylic acids is 1. The van der Waals surface area contributed by atoms with E-state index in [1.807, 2.05) is 43.4 Å². The number of phenols is 1. The van der Waals surface area contributed by atoms with Gasteiger partial charge in [-0.05, 0) is 35.4 Å². The Morgan fingerprint density at radius 2 is 1.76 bits per heavy atom. The van der Waals surface area contributed by atoms with Crippen LogP contribution in [0.3, 0.4) is 0 Å². The fraction of sp³-hybridized carbons (Fsp3) is 0.316. The van der Waals surface area contributed by atoms with E-state index in [-0.39, 0.29) is 35.7 Å². The van der Waals surface area contributed by atoms with Crippen LogP contribution in [0.25, 0.3) is 0 Å². The SMILES string of the molecule is COc1ccc(C2NNC3C(=O)N(C)C(c4cccc(O)c4)C32)cc1. The summed E-state index contributed by atoms with van der Waals surface area (Å²) in [5.74, 6) is 1.09. The topological polar surface area (TPSA) is 73.8 Å². The standard InChI is InChI=1S/C19H21N3O3/c1-22-18(12-4-3-5-13(23)10-12)15-16(20-21-17(15)19(22)24)11-6-8-14(25-2)9-7-11/h3-10,15-18,20-21,23H,1-2H3. The molecule has 0 aliphatic carbocycles. The molecule has 4 atom stereocenters. The summed E-state index contributed by atoms with van der Waals surface area (Å²) in [5.41, 5.74) is 8.46. The van der Waals surface area contributed by atoms with Crippen LogP contribution in [0.1, 0.15) is 23.2 Å². The number of rotatable bonds is 3. The average molecular weight is 339 g/mol. The summed E-state index contributed by atoms with van der Waals surface area (Å²) >= 11 is 0. The van der Waals surface area contributed by atoms with E-state index in [0.717, 1.165) is 16.9 Å². The van der Waals surface area contributed by atoms with Crippen molar-refractivity contribution < 1.29 is 14.6 Å². The van der Waals surface area contributed by atoms with Gasteiger partial charge >= 0.3 is 0 Å². The predicted molar refractivity (Wildman–Crippen MR) is 92.9 cm³/mol. The van der Waals surface area contributed by atoms with Gasteiger partial charge in [-0.25, -0.2) is 10.9 Å². The molecule has 2 aromatic carbocycles. The fourth-order valence-corrected chi connectivity index (χ4v) is 4.04. The number of benzene rings is 2. The molecule has 25 heavy (non-hydrogen) atoms. The molecule has 130 valence electrons. The Kier molecular flexibility index (Phi) is 3.86. The number of hydrogen-bond acceptors (Lipinski definition) is 5. The van der Waals surface area contributed by atoms with Crippen molar-refractivity contribution in [2.24, 2.45) is 5.92 Å². The second-order valence-corrected chi connectivity index (χ2v) is 6.58. The highest BCUT2D eigenvalue weighted by molar-refractivity contribution is 5.86. The Morgan fingerprint density at radius 1 is 1.04 bits per heavy atom. The van der Waals surface area contributed by atoms with Gasteiger partial charge in [0.2, 0.25) is 5.91 Å². The van der Waals surface area contributed by atoms with Crippen LogP contribution in [0.5, 0.6) is 11.5 Å². The van der Waals surface area contributed by atoms with Gasteiger partial charge in [-0.15, -0.1) is 0 Å². The van der Waals surface area contributed by atoms with Gasteiger partial charge in [0.15, 0.2) is 0 Å². The summed E-state index contributed by atoms with van der Waals surface area (Å²) < 4.78 is 5.23. The van der Waals surface area contributed by atoms with E-state index < -0.39 is 0 Å². The number of hydrogen-bond donors (Lipinski definition) is 3. The molecule has 2 heterocycles. The molecule has 0 radical (unpaired) electrons. The third-order valence-corrected chi connectivity index (χ3v) is 5.25. The minimum absolute atomic E-state index is 0.0165. The summed E-state index contributed by atoms with van der Waals surface area (Å²) in [6.45, 7) is 0. The summed E-state index contributed by atoms with van der Waals surface area (Å²) in [5, 5.41) is 9.86. The maximum Gasteiger partial charge on any atom is 0.241 e. The van der Waals surface area contributed by atoms with Crippen molar-refractivity contribution in [3.8, 4) is 11.5 Å². The van der Waals surface area contributed by atoms with Crippen molar-refractivity contribution in [2.75, 3.05) is 14.2 Å². The zero-order valence-corrected chi connectivity index (χ0v) is 14.1. The van der Waals surface area contributed by atoms with Gasteiger partial charge in [0, 0.05) is 13.0 Å². The number of hydrazine groups is 1. The zero-order chi connectivity index (χ0) is 17.6. The van der Waals surface area contributed by atoms with E-state index in [1.54, 1.807) is 24.1 Å². The zero-order valence-electron chi connectivity index (χ0n) is 14.1. The van der Waals surface area contributed by atoms with E-state index >= 15 is 0 Å². The van der Waals surface area contributed by atoms with Crippen molar-refractivity contribution in [1.82, 2.24) is 15.8 Å². The van der Waals surface area contributed by atoms with E-state index in [9.17, 15) is 9.90 Å². The number of nitrogens with zero attached hydrogens (tertiary/aromatic N) is 1. The maximum absolute atomic E-state index is 12.7. The van der Waals surface area contributed by atoms with Crippen LogP contribution in [0.2, 0.25) is 0 Å². The lowest BCUT2D eigenvalue weighted by atomic mass is 9.83. The molecule has 2 saturated heterocycles. The number of fused-ring (bicyclic) bond motifs is 1. The smallest absolute Gasteiger partial charge is 0.241 e. The monoisotopic (exact) mass is 339 g/mol. The number of likely N-dealkylation sites (N-methyl/N-ethyl adjacent to an activating group) is 1. The maximum atomic E-state index is 12.7. The Labute approximate surface area is 146 Å². The van der Waals surface area contributed by atoms with Gasteiger partial charge in [0.1, 0.15) is 17.5 Å². The summed E-state index contributed by atoms with van der Waals surface area (Å²) in [6.07, 6.45) is 0. The second-order valence-electron chi connectivity index (χ2n) is 6.58. The van der Waals surface area contributed by atoms with Crippen LogP contribution < -0.4 is 15.6 Å². The molecule has 2 aliphatic heterocycles. The Bertz CT molecular complexity index is 793. The van der Waals surface area contributed by atoms with E-state index in [0.29, 0.717) is 0 Å². The van der Waals surface area contributed by atoms with Gasteiger partial charge in [-0.2, -0.15) is 0 Å². The van der Waals surface area contributed by atoms with Gasteiger partial charge in [-0.1, -0.05) is 24.3 Å². The first-order valence-electron chi connectivity index (χ1n) is 8.31. The van der Waals surface area contributed by atoms with Crippen molar-refractivity contribution in [2.45, 2.75) is 18.1 Å². The summed E-state index contributed by atoms with van der Waals surface area (Å²) in [7, 11) is 3.46. The molecule has 0 bridgehead atoms. The molecule has 3 N–H and O–H groups in total. The molecule has 0 aromatic heterocycles. The third kappa shape index (κ3) is 2.54. The molecule has 2 fully saturated rings. The molecule has 6 heteroatoms. The van der Waals surface area contributed by atoms with Crippen LogP contribution in [0.4, 0.5) is 0 Å². The normalized spacial score (nSPS) is 28.2. The van der Waals surface area contributed by atoms with Gasteiger partial charge in [-0.3, -0.25) is 4.79 Å². The number of phenolic OH excluding ortho intramolecular Hbond substituents is 1. The minimum atomic E-state index is -0.288. The fourth-order valence-electron chi connectivity index (χ4n) is 4.04. The molecular formula is C19H21N3O3. The van der Waals surface area contributed by atoms with Crippen molar-refractivity contribution in [3.63, 3.8) is 0 Å². The molecule has 2 aromatic rings. The average Bonchev–Trinajstić information content (AvgIpc) is 3.15. The molecule has 0 saturated carbocycles. The largest absolute Gasteiger partial charge is 0.508 e. The number of carbonyl (C=O) groups is 1. The lowest BCUT2D eigenvalue weighted by Crippen LogP contribution is -2.39. The quantitative estimate of drug-likeness (QED) is 0.794. The first kappa shape index (κ1) is 15.9. The molecule has 0 spiro atoms. The number of likely N-dealkylation sites (tertiary alicyclic amines) is 1.